The Hall–Kier alpha value is -3.50. The number of hydrogen-bond donors (Lipinski definition) is 2. The van der Waals surface area contributed by atoms with Crippen LogP contribution < -0.4 is 10.0 Å². The van der Waals surface area contributed by atoms with E-state index in [1.165, 1.54) is 12.3 Å². The van der Waals surface area contributed by atoms with Crippen molar-refractivity contribution in [2.75, 3.05) is 18.4 Å². The molecular formula is C26H30N4O5S. The Kier molecular flexibility index (Phi) is 7.28. The summed E-state index contributed by atoms with van der Waals surface area (Å²) >= 11 is 0. The van der Waals surface area contributed by atoms with Gasteiger partial charge in [-0.15, -0.1) is 0 Å². The number of pyridine rings is 1. The van der Waals surface area contributed by atoms with Crippen molar-refractivity contribution >= 4 is 38.5 Å². The van der Waals surface area contributed by atoms with E-state index in [4.69, 9.17) is 4.74 Å². The van der Waals surface area contributed by atoms with E-state index >= 15 is 0 Å². The number of fused-ring (bicyclic) bond motifs is 1. The number of hydrogen-bond acceptors (Lipinski definition) is 6. The van der Waals surface area contributed by atoms with E-state index in [1.807, 2.05) is 20.8 Å². The molecule has 1 aliphatic rings. The monoisotopic (exact) mass is 510 g/mol. The fourth-order valence-corrected chi connectivity index (χ4v) is 5.61. The van der Waals surface area contributed by atoms with Crippen LogP contribution in [0.4, 0.5) is 10.5 Å². The molecule has 0 saturated carbocycles. The average Bonchev–Trinajstić information content (AvgIpc) is 2.83. The lowest BCUT2D eigenvalue weighted by Gasteiger charge is -2.33. The third-order valence-corrected chi connectivity index (χ3v) is 7.39. The molecule has 0 atom stereocenters. The fraction of sp³-hybridized carbons (Fsp3) is 0.346. The first-order valence-electron chi connectivity index (χ1n) is 11.8. The van der Waals surface area contributed by atoms with Gasteiger partial charge in [-0.05, 0) is 57.9 Å². The van der Waals surface area contributed by atoms with Gasteiger partial charge in [0.1, 0.15) is 5.60 Å². The van der Waals surface area contributed by atoms with Crippen LogP contribution >= 0.6 is 0 Å². The fourth-order valence-electron chi connectivity index (χ4n) is 4.10. The third-order valence-electron chi connectivity index (χ3n) is 5.81. The number of aromatic nitrogens is 1. The lowest BCUT2D eigenvalue weighted by molar-refractivity contribution is 0.0203. The van der Waals surface area contributed by atoms with Crippen LogP contribution in [0.25, 0.3) is 10.8 Å². The lowest BCUT2D eigenvalue weighted by atomic mass is 10.1. The molecule has 10 heteroatoms. The van der Waals surface area contributed by atoms with E-state index in [-0.39, 0.29) is 16.8 Å². The third kappa shape index (κ3) is 6.00. The normalized spacial score (nSPS) is 15.0. The summed E-state index contributed by atoms with van der Waals surface area (Å²) in [6, 6.07) is 13.1. The van der Waals surface area contributed by atoms with Crippen LogP contribution in [0, 0.1) is 0 Å². The molecule has 1 saturated heterocycles. The highest BCUT2D eigenvalue weighted by atomic mass is 32.2. The molecule has 1 aromatic heterocycles. The van der Waals surface area contributed by atoms with E-state index < -0.39 is 21.7 Å². The molecule has 190 valence electrons. The van der Waals surface area contributed by atoms with Crippen molar-refractivity contribution in [2.45, 2.75) is 50.2 Å². The zero-order valence-electron chi connectivity index (χ0n) is 20.5. The molecule has 3 aromatic rings. The second-order valence-corrected chi connectivity index (χ2v) is 11.4. The highest BCUT2D eigenvalue weighted by Gasteiger charge is 2.30. The van der Waals surface area contributed by atoms with Gasteiger partial charge < -0.3 is 15.0 Å². The molecule has 2 amide bonds. The van der Waals surface area contributed by atoms with Crippen LogP contribution in [0.3, 0.4) is 0 Å². The van der Waals surface area contributed by atoms with Gasteiger partial charge in [0.05, 0.1) is 10.5 Å². The number of carbonyl (C=O) groups is 2. The van der Waals surface area contributed by atoms with Crippen molar-refractivity contribution in [3.63, 3.8) is 0 Å². The van der Waals surface area contributed by atoms with Gasteiger partial charge in [-0.1, -0.05) is 24.3 Å². The number of amides is 2. The number of likely N-dealkylation sites (tertiary alicyclic amines) is 1. The van der Waals surface area contributed by atoms with Gasteiger partial charge in [-0.25, -0.2) is 17.9 Å². The standard InChI is InChI=1S/C26H30N4O5S/c1-26(2,3)35-25(32)30-15-12-19(13-16-30)29-36(33,34)23-11-10-22(20-8-4-5-9-21(20)23)28-24(31)18-7-6-14-27-17-18/h4-11,14,17,19,29H,12-13,15-16H2,1-3H3,(H,28,31). The van der Waals surface area contributed by atoms with E-state index in [1.54, 1.807) is 53.6 Å². The Bertz CT molecular complexity index is 1360. The van der Waals surface area contributed by atoms with Crippen LogP contribution in [-0.2, 0) is 14.8 Å². The Morgan fingerprint density at radius 2 is 1.69 bits per heavy atom. The molecule has 0 unspecified atom stereocenters. The van der Waals surface area contributed by atoms with E-state index in [9.17, 15) is 18.0 Å². The maximum absolute atomic E-state index is 13.4. The summed E-state index contributed by atoms with van der Waals surface area (Å²) in [5.74, 6) is -0.335. The first-order valence-corrected chi connectivity index (χ1v) is 13.3. The Balaban J connectivity index is 1.50. The number of piperidine rings is 1. The van der Waals surface area contributed by atoms with Gasteiger partial charge in [0, 0.05) is 48.0 Å². The maximum Gasteiger partial charge on any atom is 0.410 e. The summed E-state index contributed by atoms with van der Waals surface area (Å²) < 4.78 is 34.9. The van der Waals surface area contributed by atoms with Crippen molar-refractivity contribution in [3.8, 4) is 0 Å². The van der Waals surface area contributed by atoms with Gasteiger partial charge in [0.25, 0.3) is 5.91 Å². The van der Waals surface area contributed by atoms with Crippen molar-refractivity contribution < 1.29 is 22.7 Å². The van der Waals surface area contributed by atoms with Crippen molar-refractivity contribution in [1.29, 1.82) is 0 Å². The molecule has 9 nitrogen and oxygen atoms in total. The first kappa shape index (κ1) is 25.6. The van der Waals surface area contributed by atoms with Crippen LogP contribution in [-0.4, -0.2) is 55.0 Å². The van der Waals surface area contributed by atoms with E-state index in [2.05, 4.69) is 15.0 Å². The minimum Gasteiger partial charge on any atom is -0.444 e. The molecule has 2 N–H and O–H groups in total. The largest absolute Gasteiger partial charge is 0.444 e. The predicted octanol–water partition coefficient (Wildman–Crippen LogP) is 4.16. The topological polar surface area (TPSA) is 118 Å². The van der Waals surface area contributed by atoms with Crippen LogP contribution in [0.2, 0.25) is 0 Å². The minimum atomic E-state index is -3.86. The molecule has 2 aromatic carbocycles. The molecule has 1 fully saturated rings. The molecule has 4 rings (SSSR count). The average molecular weight is 511 g/mol. The van der Waals surface area contributed by atoms with Gasteiger partial charge in [-0.3, -0.25) is 9.78 Å². The second kappa shape index (κ2) is 10.2. The molecule has 36 heavy (non-hydrogen) atoms. The molecule has 0 radical (unpaired) electrons. The quantitative estimate of drug-likeness (QED) is 0.532. The van der Waals surface area contributed by atoms with E-state index in [0.717, 1.165) is 0 Å². The van der Waals surface area contributed by atoms with E-state index in [0.29, 0.717) is 48.0 Å². The summed E-state index contributed by atoms with van der Waals surface area (Å²) in [5, 5.41) is 3.96. The molecule has 2 heterocycles. The summed E-state index contributed by atoms with van der Waals surface area (Å²) in [6.45, 7) is 6.24. The summed E-state index contributed by atoms with van der Waals surface area (Å²) in [5.41, 5.74) is 0.321. The molecule has 0 aliphatic carbocycles. The van der Waals surface area contributed by atoms with Gasteiger partial charge >= 0.3 is 6.09 Å². The number of anilines is 1. The van der Waals surface area contributed by atoms with Gasteiger partial charge in [0.15, 0.2) is 0 Å². The number of benzene rings is 2. The first-order chi connectivity index (χ1) is 17.0. The summed E-state index contributed by atoms with van der Waals surface area (Å²) in [4.78, 5) is 30.6. The number of carbonyl (C=O) groups excluding carboxylic acids is 2. The SMILES string of the molecule is CC(C)(C)OC(=O)N1CCC(NS(=O)(=O)c2ccc(NC(=O)c3cccnc3)c3ccccc23)CC1. The Morgan fingerprint density at radius 1 is 1.00 bits per heavy atom. The smallest absolute Gasteiger partial charge is 0.410 e. The van der Waals surface area contributed by atoms with Gasteiger partial charge in [0.2, 0.25) is 10.0 Å². The Morgan fingerprint density at radius 3 is 2.33 bits per heavy atom. The zero-order valence-corrected chi connectivity index (χ0v) is 21.3. The zero-order chi connectivity index (χ0) is 25.9. The van der Waals surface area contributed by atoms with Crippen molar-refractivity contribution in [2.24, 2.45) is 0 Å². The highest BCUT2D eigenvalue weighted by molar-refractivity contribution is 7.89. The maximum atomic E-state index is 13.4. The number of nitrogens with zero attached hydrogens (tertiary/aromatic N) is 2. The summed E-state index contributed by atoms with van der Waals surface area (Å²) in [7, 11) is -3.86. The van der Waals surface area contributed by atoms with Crippen LogP contribution in [0.1, 0.15) is 44.0 Å². The molecule has 1 aliphatic heterocycles. The van der Waals surface area contributed by atoms with Gasteiger partial charge in [-0.2, -0.15) is 0 Å². The van der Waals surface area contributed by atoms with Crippen LogP contribution in [0.15, 0.2) is 65.8 Å². The number of rotatable bonds is 5. The number of nitrogens with one attached hydrogen (secondary N) is 2. The molecule has 0 spiro atoms. The second-order valence-electron chi connectivity index (χ2n) is 9.72. The molecular weight excluding hydrogens is 480 g/mol. The summed E-state index contributed by atoms with van der Waals surface area (Å²) in [6.07, 6.45) is 3.62. The number of sulfonamides is 1. The van der Waals surface area contributed by atoms with Crippen molar-refractivity contribution in [3.05, 3.63) is 66.5 Å². The van der Waals surface area contributed by atoms with Crippen molar-refractivity contribution in [1.82, 2.24) is 14.6 Å². The lowest BCUT2D eigenvalue weighted by Crippen LogP contribution is -2.47. The van der Waals surface area contributed by atoms with Crippen LogP contribution in [0.5, 0.6) is 0 Å². The number of ether oxygens (including phenoxy) is 1. The highest BCUT2D eigenvalue weighted by Crippen LogP contribution is 2.30. The minimum absolute atomic E-state index is 0.132. The molecule has 0 bridgehead atoms. The predicted molar refractivity (Wildman–Crippen MR) is 137 cm³/mol. The Labute approximate surface area is 210 Å².